The van der Waals surface area contributed by atoms with Crippen LogP contribution in [0.3, 0.4) is 0 Å². The molecule has 2 N–H and O–H groups in total. The van der Waals surface area contributed by atoms with Crippen LogP contribution in [0.15, 0.2) is 0 Å². The lowest BCUT2D eigenvalue weighted by atomic mass is 10.0. The molecule has 0 saturated carbocycles. The molecule has 0 aromatic rings. The molecule has 48 heavy (non-hydrogen) atoms. The summed E-state index contributed by atoms with van der Waals surface area (Å²) in [7, 11) is 0. The first-order chi connectivity index (χ1) is 23.5. The Hall–Kier alpha value is -1.59. The van der Waals surface area contributed by atoms with Crippen LogP contribution >= 0.6 is 0 Å². The summed E-state index contributed by atoms with van der Waals surface area (Å²) < 4.78 is 6.00. The van der Waals surface area contributed by atoms with Crippen LogP contribution in [-0.2, 0) is 19.1 Å². The molecule has 0 aliphatic carbocycles. The van der Waals surface area contributed by atoms with Crippen molar-refractivity contribution in [2.75, 3.05) is 6.54 Å². The summed E-state index contributed by atoms with van der Waals surface area (Å²) in [6, 6.07) is 0. The number of ether oxygens (including phenoxy) is 1. The van der Waals surface area contributed by atoms with E-state index in [0.717, 1.165) is 64.2 Å². The molecule has 0 heterocycles. The zero-order chi connectivity index (χ0) is 35.2. The summed E-state index contributed by atoms with van der Waals surface area (Å²) >= 11 is 0. The third-order valence-corrected chi connectivity index (χ3v) is 9.78. The zero-order valence-electron chi connectivity index (χ0n) is 32.1. The molecule has 0 bridgehead atoms. The van der Waals surface area contributed by atoms with Gasteiger partial charge in [-0.1, -0.05) is 187 Å². The highest BCUT2D eigenvalue weighted by molar-refractivity contribution is 5.80. The summed E-state index contributed by atoms with van der Waals surface area (Å²) in [6.45, 7) is 4.23. The second-order valence-electron chi connectivity index (χ2n) is 14.6. The Bertz CT molecular complexity index is 712. The lowest BCUT2D eigenvalue weighted by molar-refractivity contribution is -0.150. The van der Waals surface area contributed by atoms with Crippen LogP contribution in [0.4, 0.5) is 0 Å². The summed E-state index contributed by atoms with van der Waals surface area (Å²) in [5, 5.41) is 11.1. The minimum Gasteiger partial charge on any atom is -0.480 e. The molecule has 6 nitrogen and oxygen atoms in total. The minimum absolute atomic E-state index is 0.0118. The van der Waals surface area contributed by atoms with E-state index in [9.17, 15) is 14.4 Å². The second-order valence-corrected chi connectivity index (χ2v) is 14.6. The first-order valence-corrected chi connectivity index (χ1v) is 21.2. The molecule has 0 aromatic carbocycles. The summed E-state index contributed by atoms with van der Waals surface area (Å²) in [4.78, 5) is 34.9. The smallest absolute Gasteiger partial charge is 0.322 e. The molecule has 1 amide bonds. The number of carbonyl (C=O) groups excluding carboxylic acids is 2. The van der Waals surface area contributed by atoms with Crippen molar-refractivity contribution in [3.63, 3.8) is 0 Å². The fourth-order valence-electron chi connectivity index (χ4n) is 6.63. The molecule has 284 valence electrons. The Labute approximate surface area is 298 Å². The normalized spacial score (nSPS) is 11.9. The Morgan fingerprint density at radius 2 is 0.771 bits per heavy atom. The average molecular weight is 680 g/mol. The van der Waals surface area contributed by atoms with Crippen molar-refractivity contribution < 1.29 is 24.2 Å². The standard InChI is InChI=1S/C42H81NO5/c1-3-5-7-9-11-12-13-14-15-16-17-18-19-20-21-22-24-29-33-37-42(47)48-39(34-30-26-23-10-8-6-4-2)35-31-27-25-28-32-36-40(44)43-38-41(45)46/h39H,3-38H2,1-2H3,(H,43,44)(H,45,46). The number of unbranched alkanes of at least 4 members (excludes halogenated alkanes) is 28. The number of carboxylic acid groups (broad SMARTS) is 1. The molecule has 0 aliphatic rings. The molecule has 1 unspecified atom stereocenters. The van der Waals surface area contributed by atoms with E-state index in [4.69, 9.17) is 9.84 Å². The predicted molar refractivity (Wildman–Crippen MR) is 203 cm³/mol. The van der Waals surface area contributed by atoms with Gasteiger partial charge in [0, 0.05) is 12.8 Å². The van der Waals surface area contributed by atoms with Gasteiger partial charge in [-0.15, -0.1) is 0 Å². The van der Waals surface area contributed by atoms with Crippen LogP contribution in [0.5, 0.6) is 0 Å². The van der Waals surface area contributed by atoms with Crippen molar-refractivity contribution in [3.8, 4) is 0 Å². The van der Waals surface area contributed by atoms with E-state index in [2.05, 4.69) is 19.2 Å². The number of nitrogens with one attached hydrogen (secondary N) is 1. The number of carbonyl (C=O) groups is 3. The lowest BCUT2D eigenvalue weighted by Crippen LogP contribution is -2.28. The third-order valence-electron chi connectivity index (χ3n) is 9.78. The van der Waals surface area contributed by atoms with Crippen LogP contribution in [0.2, 0.25) is 0 Å². The molecule has 0 saturated heterocycles. The average Bonchev–Trinajstić information content (AvgIpc) is 3.07. The Morgan fingerprint density at radius 3 is 1.12 bits per heavy atom. The molecule has 6 heteroatoms. The Kier molecular flexibility index (Phi) is 36.9. The van der Waals surface area contributed by atoms with Gasteiger partial charge in [-0.05, 0) is 38.5 Å². The van der Waals surface area contributed by atoms with Gasteiger partial charge < -0.3 is 15.2 Å². The molecular formula is C42H81NO5. The minimum atomic E-state index is -1.01. The van der Waals surface area contributed by atoms with E-state index in [1.807, 2.05) is 0 Å². The summed E-state index contributed by atoms with van der Waals surface area (Å²) in [6.07, 6.45) is 42.4. The number of hydrogen-bond acceptors (Lipinski definition) is 4. The summed E-state index contributed by atoms with van der Waals surface area (Å²) in [5.74, 6) is -1.22. The second kappa shape index (κ2) is 38.2. The van der Waals surface area contributed by atoms with Crippen molar-refractivity contribution in [1.29, 1.82) is 0 Å². The largest absolute Gasteiger partial charge is 0.480 e. The molecule has 0 fully saturated rings. The number of esters is 1. The maximum absolute atomic E-state index is 12.7. The Balaban J connectivity index is 3.90. The maximum atomic E-state index is 12.7. The molecule has 0 rings (SSSR count). The quantitative estimate of drug-likeness (QED) is 0.0498. The van der Waals surface area contributed by atoms with Gasteiger partial charge in [0.2, 0.25) is 5.91 Å². The van der Waals surface area contributed by atoms with Crippen molar-refractivity contribution >= 4 is 17.8 Å². The number of rotatable bonds is 39. The zero-order valence-corrected chi connectivity index (χ0v) is 32.1. The van der Waals surface area contributed by atoms with Crippen LogP contribution in [0.1, 0.15) is 239 Å². The van der Waals surface area contributed by atoms with Crippen LogP contribution in [0.25, 0.3) is 0 Å². The van der Waals surface area contributed by atoms with Gasteiger partial charge in [0.1, 0.15) is 12.6 Å². The van der Waals surface area contributed by atoms with Gasteiger partial charge in [0.05, 0.1) is 0 Å². The summed E-state index contributed by atoms with van der Waals surface area (Å²) in [5.41, 5.74) is 0. The fourth-order valence-corrected chi connectivity index (χ4v) is 6.63. The molecule has 0 spiro atoms. The van der Waals surface area contributed by atoms with E-state index in [-0.39, 0.29) is 24.5 Å². The van der Waals surface area contributed by atoms with Crippen LogP contribution in [0, 0.1) is 0 Å². The Morgan fingerprint density at radius 1 is 0.458 bits per heavy atom. The highest BCUT2D eigenvalue weighted by Crippen LogP contribution is 2.19. The first kappa shape index (κ1) is 46.4. The fraction of sp³-hybridized carbons (Fsp3) is 0.929. The third kappa shape index (κ3) is 37.2. The monoisotopic (exact) mass is 680 g/mol. The highest BCUT2D eigenvalue weighted by atomic mass is 16.5. The van der Waals surface area contributed by atoms with Gasteiger partial charge in [0.25, 0.3) is 0 Å². The highest BCUT2D eigenvalue weighted by Gasteiger charge is 2.14. The number of aliphatic carboxylic acids is 1. The van der Waals surface area contributed by atoms with E-state index in [1.165, 1.54) is 148 Å². The van der Waals surface area contributed by atoms with E-state index in [0.29, 0.717) is 12.8 Å². The molecular weight excluding hydrogens is 598 g/mol. The van der Waals surface area contributed by atoms with Gasteiger partial charge in [0.15, 0.2) is 0 Å². The van der Waals surface area contributed by atoms with Gasteiger partial charge in [-0.2, -0.15) is 0 Å². The van der Waals surface area contributed by atoms with Gasteiger partial charge in [-0.25, -0.2) is 0 Å². The van der Waals surface area contributed by atoms with Gasteiger partial charge in [-0.3, -0.25) is 14.4 Å². The molecule has 0 aromatic heterocycles. The number of hydrogen-bond donors (Lipinski definition) is 2. The van der Waals surface area contributed by atoms with E-state index in [1.54, 1.807) is 0 Å². The topological polar surface area (TPSA) is 92.7 Å². The first-order valence-electron chi connectivity index (χ1n) is 21.2. The van der Waals surface area contributed by atoms with E-state index >= 15 is 0 Å². The molecule has 0 aliphatic heterocycles. The molecule has 1 atom stereocenters. The van der Waals surface area contributed by atoms with Crippen molar-refractivity contribution in [2.24, 2.45) is 0 Å². The van der Waals surface area contributed by atoms with Crippen LogP contribution in [-0.4, -0.2) is 35.6 Å². The predicted octanol–water partition coefficient (Wildman–Crippen LogP) is 12.8. The molecule has 0 radical (unpaired) electrons. The van der Waals surface area contributed by atoms with E-state index < -0.39 is 5.97 Å². The van der Waals surface area contributed by atoms with Crippen molar-refractivity contribution in [1.82, 2.24) is 5.32 Å². The van der Waals surface area contributed by atoms with Crippen molar-refractivity contribution in [3.05, 3.63) is 0 Å². The van der Waals surface area contributed by atoms with Crippen LogP contribution < -0.4 is 5.32 Å². The van der Waals surface area contributed by atoms with Crippen molar-refractivity contribution in [2.45, 2.75) is 245 Å². The van der Waals surface area contributed by atoms with Gasteiger partial charge >= 0.3 is 11.9 Å². The lowest BCUT2D eigenvalue weighted by Gasteiger charge is -2.18. The maximum Gasteiger partial charge on any atom is 0.322 e. The SMILES string of the molecule is CCCCCCCCCCCCCCCCCCCCCC(=O)OC(CCCCCCCCC)CCCCCCCC(=O)NCC(=O)O. The number of amides is 1. The number of carboxylic acids is 1.